The molecule has 1 aromatic heterocycles. The Morgan fingerprint density at radius 1 is 1.64 bits per heavy atom. The third-order valence-corrected chi connectivity index (χ3v) is 3.40. The first kappa shape index (κ1) is 7.10. The molecule has 0 radical (unpaired) electrons. The lowest BCUT2D eigenvalue weighted by molar-refractivity contribution is -0.690. The van der Waals surface area contributed by atoms with Gasteiger partial charge in [0.25, 0.3) is 0 Å². The zero-order valence-corrected chi connectivity index (χ0v) is 7.82. The Balaban J connectivity index is 2.46. The summed E-state index contributed by atoms with van der Waals surface area (Å²) in [5.74, 6) is 0. The molecule has 0 aromatic carbocycles. The largest absolute Gasteiger partial charge is 0.335 e. The molecule has 0 bridgehead atoms. The Bertz CT molecular complexity index is 267. The van der Waals surface area contributed by atoms with Gasteiger partial charge in [-0.15, -0.1) is 0 Å². The molecule has 1 aliphatic rings. The van der Waals surface area contributed by atoms with Crippen molar-refractivity contribution in [2.45, 2.75) is 19.9 Å². The van der Waals surface area contributed by atoms with Crippen LogP contribution in [0.2, 0.25) is 0 Å². The fourth-order valence-electron chi connectivity index (χ4n) is 1.55. The van der Waals surface area contributed by atoms with Crippen LogP contribution in [-0.4, -0.2) is 13.6 Å². The van der Waals surface area contributed by atoms with Crippen molar-refractivity contribution in [1.82, 2.24) is 0 Å². The number of aryl methyl sites for hydroxylation is 1. The number of aromatic nitrogens is 1. The molecular formula is C8H13N2S+. The molecule has 1 aromatic rings. The summed E-state index contributed by atoms with van der Waals surface area (Å²) in [6, 6.07) is 0. The summed E-state index contributed by atoms with van der Waals surface area (Å²) in [4.78, 5) is 2.33. The number of rotatable bonds is 0. The van der Waals surface area contributed by atoms with Crippen LogP contribution < -0.4 is 9.47 Å². The van der Waals surface area contributed by atoms with Gasteiger partial charge in [-0.3, -0.25) is 4.90 Å². The quantitative estimate of drug-likeness (QED) is 0.529. The SMILES string of the molecule is Cc1csc2[n+]1CCCN2C. The van der Waals surface area contributed by atoms with Crippen molar-refractivity contribution in [2.24, 2.45) is 0 Å². The standard InChI is InChI=1S/C8H13N2S/c1-7-6-11-8-9(2)4-3-5-10(7)8/h6H,3-5H2,1-2H3/q+1. The van der Waals surface area contributed by atoms with Crippen molar-refractivity contribution in [2.75, 3.05) is 18.5 Å². The molecule has 0 unspecified atom stereocenters. The second kappa shape index (κ2) is 2.48. The first-order valence-electron chi connectivity index (χ1n) is 3.98. The minimum Gasteiger partial charge on any atom is -0.255 e. The third-order valence-electron chi connectivity index (χ3n) is 2.19. The Morgan fingerprint density at radius 3 is 3.18 bits per heavy atom. The molecule has 2 rings (SSSR count). The molecule has 0 fully saturated rings. The van der Waals surface area contributed by atoms with E-state index in [0.29, 0.717) is 0 Å². The molecule has 0 saturated heterocycles. The Morgan fingerprint density at radius 2 is 2.45 bits per heavy atom. The lowest BCUT2D eigenvalue weighted by Crippen LogP contribution is -2.46. The summed E-state index contributed by atoms with van der Waals surface area (Å²) >= 11 is 1.85. The van der Waals surface area contributed by atoms with Crippen molar-refractivity contribution in [3.63, 3.8) is 0 Å². The lowest BCUT2D eigenvalue weighted by Gasteiger charge is -2.16. The highest BCUT2D eigenvalue weighted by Gasteiger charge is 2.23. The summed E-state index contributed by atoms with van der Waals surface area (Å²) in [5, 5.41) is 3.64. The molecule has 0 amide bonds. The molecule has 0 N–H and O–H groups in total. The Hall–Kier alpha value is -0.570. The summed E-state index contributed by atoms with van der Waals surface area (Å²) < 4.78 is 2.40. The smallest absolute Gasteiger partial charge is 0.255 e. The highest BCUT2D eigenvalue weighted by molar-refractivity contribution is 7.13. The molecular weight excluding hydrogens is 156 g/mol. The van der Waals surface area contributed by atoms with E-state index in [4.69, 9.17) is 0 Å². The maximum Gasteiger partial charge on any atom is 0.335 e. The number of hydrogen-bond acceptors (Lipinski definition) is 2. The number of anilines is 1. The van der Waals surface area contributed by atoms with Crippen LogP contribution in [0.15, 0.2) is 5.38 Å². The average Bonchev–Trinajstić information content (AvgIpc) is 2.35. The monoisotopic (exact) mass is 169 g/mol. The highest BCUT2D eigenvalue weighted by atomic mass is 32.1. The van der Waals surface area contributed by atoms with Gasteiger partial charge >= 0.3 is 5.13 Å². The lowest BCUT2D eigenvalue weighted by atomic mass is 10.3. The van der Waals surface area contributed by atoms with E-state index >= 15 is 0 Å². The first-order chi connectivity index (χ1) is 5.29. The van der Waals surface area contributed by atoms with E-state index in [1.54, 1.807) is 0 Å². The topological polar surface area (TPSA) is 7.12 Å². The minimum atomic E-state index is 1.20. The van der Waals surface area contributed by atoms with Crippen LogP contribution in [0.3, 0.4) is 0 Å². The van der Waals surface area contributed by atoms with Crippen LogP contribution in [-0.2, 0) is 6.54 Å². The number of nitrogens with zero attached hydrogens (tertiary/aromatic N) is 2. The Labute approximate surface area is 71.1 Å². The van der Waals surface area contributed by atoms with E-state index in [-0.39, 0.29) is 0 Å². The van der Waals surface area contributed by atoms with Gasteiger partial charge in [0.15, 0.2) is 0 Å². The van der Waals surface area contributed by atoms with Gasteiger partial charge in [0.1, 0.15) is 5.69 Å². The first-order valence-corrected chi connectivity index (χ1v) is 4.86. The zero-order valence-electron chi connectivity index (χ0n) is 7.00. The van der Waals surface area contributed by atoms with Crippen molar-refractivity contribution < 1.29 is 4.57 Å². The second-order valence-corrected chi connectivity index (χ2v) is 3.92. The minimum absolute atomic E-state index is 1.20. The van der Waals surface area contributed by atoms with Gasteiger partial charge in [0.2, 0.25) is 0 Å². The van der Waals surface area contributed by atoms with Gasteiger partial charge in [0.05, 0.1) is 20.1 Å². The summed E-state index contributed by atoms with van der Waals surface area (Å²) in [6.45, 7) is 4.59. The van der Waals surface area contributed by atoms with Crippen LogP contribution in [0.1, 0.15) is 12.1 Å². The fraction of sp³-hybridized carbons (Fsp3) is 0.625. The van der Waals surface area contributed by atoms with Gasteiger partial charge in [-0.1, -0.05) is 11.3 Å². The molecule has 0 saturated carbocycles. The number of fused-ring (bicyclic) bond motifs is 1. The number of hydrogen-bond donors (Lipinski definition) is 0. The van der Waals surface area contributed by atoms with Gasteiger partial charge in [0, 0.05) is 11.8 Å². The predicted molar refractivity (Wildman–Crippen MR) is 47.1 cm³/mol. The van der Waals surface area contributed by atoms with Crippen molar-refractivity contribution in [3.8, 4) is 0 Å². The molecule has 1 aliphatic heterocycles. The van der Waals surface area contributed by atoms with Crippen molar-refractivity contribution >= 4 is 16.5 Å². The number of thiazole rings is 1. The molecule has 3 heteroatoms. The summed E-state index contributed by atoms with van der Waals surface area (Å²) in [6.07, 6.45) is 1.28. The predicted octanol–water partition coefficient (Wildman–Crippen LogP) is 1.18. The summed E-state index contributed by atoms with van der Waals surface area (Å²) in [7, 11) is 2.17. The van der Waals surface area contributed by atoms with Gasteiger partial charge < -0.3 is 0 Å². The third kappa shape index (κ3) is 1.03. The fourth-order valence-corrected chi connectivity index (χ4v) is 2.58. The highest BCUT2D eigenvalue weighted by Crippen LogP contribution is 2.19. The van der Waals surface area contributed by atoms with Gasteiger partial charge in [-0.05, 0) is 6.92 Å². The second-order valence-electron chi connectivity index (χ2n) is 3.09. The molecule has 2 nitrogen and oxygen atoms in total. The van der Waals surface area contributed by atoms with E-state index in [2.05, 4.69) is 28.8 Å². The molecule has 60 valence electrons. The van der Waals surface area contributed by atoms with Crippen LogP contribution in [0.25, 0.3) is 0 Å². The molecule has 2 heterocycles. The van der Waals surface area contributed by atoms with Crippen LogP contribution in [0.4, 0.5) is 5.13 Å². The van der Waals surface area contributed by atoms with E-state index < -0.39 is 0 Å². The van der Waals surface area contributed by atoms with Gasteiger partial charge in [-0.25, -0.2) is 4.57 Å². The van der Waals surface area contributed by atoms with E-state index in [1.165, 1.54) is 30.3 Å². The summed E-state index contributed by atoms with van der Waals surface area (Å²) in [5.41, 5.74) is 1.40. The zero-order chi connectivity index (χ0) is 7.84. The maximum absolute atomic E-state index is 2.40. The average molecular weight is 169 g/mol. The molecule has 0 atom stereocenters. The molecule has 0 spiro atoms. The van der Waals surface area contributed by atoms with E-state index in [0.717, 1.165) is 0 Å². The normalized spacial score (nSPS) is 16.7. The van der Waals surface area contributed by atoms with E-state index in [1.807, 2.05) is 11.3 Å². The molecule has 11 heavy (non-hydrogen) atoms. The van der Waals surface area contributed by atoms with E-state index in [9.17, 15) is 0 Å². The molecule has 0 aliphatic carbocycles. The van der Waals surface area contributed by atoms with Crippen LogP contribution in [0, 0.1) is 6.92 Å². The van der Waals surface area contributed by atoms with Gasteiger partial charge in [-0.2, -0.15) is 0 Å². The Kier molecular flexibility index (Phi) is 1.60. The van der Waals surface area contributed by atoms with Crippen LogP contribution in [0.5, 0.6) is 0 Å². The van der Waals surface area contributed by atoms with Crippen molar-refractivity contribution in [3.05, 3.63) is 11.1 Å². The van der Waals surface area contributed by atoms with Crippen molar-refractivity contribution in [1.29, 1.82) is 0 Å². The van der Waals surface area contributed by atoms with Crippen LogP contribution >= 0.6 is 11.3 Å². The maximum atomic E-state index is 2.40.